The lowest BCUT2D eigenvalue weighted by Gasteiger charge is -1.96. The second kappa shape index (κ2) is 3.86. The van der Waals surface area contributed by atoms with Crippen molar-refractivity contribution in [2.75, 3.05) is 0 Å². The number of thiophene rings is 1. The molecule has 0 unspecified atom stereocenters. The number of hydrogen-bond acceptors (Lipinski definition) is 4. The van der Waals surface area contributed by atoms with Crippen LogP contribution < -0.4 is 4.78 Å². The highest BCUT2D eigenvalue weighted by Gasteiger charge is 2.16. The molecule has 0 aliphatic heterocycles. The zero-order valence-electron chi connectivity index (χ0n) is 6.94. The first kappa shape index (κ1) is 10.5. The molecule has 0 bridgehead atoms. The van der Waals surface area contributed by atoms with Gasteiger partial charge in [-0.15, -0.1) is 24.0 Å². The Balaban J connectivity index is 2.71. The maximum Gasteiger partial charge on any atom is 0.499 e. The molecule has 0 fully saturated rings. The second-order valence-electron chi connectivity index (χ2n) is 2.83. The molecule has 0 atom stereocenters. The topological polar surface area (TPSA) is 40.5 Å². The van der Waals surface area contributed by atoms with Gasteiger partial charge >= 0.3 is 7.12 Å². The standard InChI is InChI=1S/C8H6BBrO2S2/c10-5-1-2-6-4(8(5)13)3-7(14-6)9(11)12/h1-3,11-13H. The number of halogens is 1. The van der Waals surface area contributed by atoms with Crippen molar-refractivity contribution in [2.45, 2.75) is 4.90 Å². The molecular formula is C8H6BBrO2S2. The summed E-state index contributed by atoms with van der Waals surface area (Å²) in [6.45, 7) is 0. The number of fused-ring (bicyclic) bond motifs is 1. The van der Waals surface area contributed by atoms with Gasteiger partial charge in [0.05, 0.1) is 0 Å². The van der Waals surface area contributed by atoms with Crippen molar-refractivity contribution in [1.29, 1.82) is 0 Å². The van der Waals surface area contributed by atoms with Crippen LogP contribution in [-0.2, 0) is 0 Å². The van der Waals surface area contributed by atoms with Crippen LogP contribution in [-0.4, -0.2) is 17.2 Å². The van der Waals surface area contributed by atoms with Crippen LogP contribution in [0.15, 0.2) is 27.6 Å². The first-order chi connectivity index (χ1) is 6.59. The van der Waals surface area contributed by atoms with Gasteiger partial charge < -0.3 is 10.0 Å². The molecule has 0 radical (unpaired) electrons. The molecule has 6 heteroatoms. The Morgan fingerprint density at radius 2 is 2.07 bits per heavy atom. The Morgan fingerprint density at radius 1 is 1.36 bits per heavy atom. The SMILES string of the molecule is OB(O)c1cc2c(S)c(Br)ccc2s1. The molecule has 14 heavy (non-hydrogen) atoms. The van der Waals surface area contributed by atoms with E-state index in [0.29, 0.717) is 4.78 Å². The highest BCUT2D eigenvalue weighted by atomic mass is 79.9. The molecule has 2 rings (SSSR count). The molecule has 0 saturated carbocycles. The summed E-state index contributed by atoms with van der Waals surface area (Å²) in [5.74, 6) is 0. The van der Waals surface area contributed by atoms with Crippen molar-refractivity contribution in [1.82, 2.24) is 0 Å². The zero-order valence-corrected chi connectivity index (χ0v) is 10.2. The van der Waals surface area contributed by atoms with Crippen LogP contribution in [0.5, 0.6) is 0 Å². The van der Waals surface area contributed by atoms with E-state index in [-0.39, 0.29) is 0 Å². The molecule has 1 aromatic heterocycles. The molecule has 1 aromatic carbocycles. The van der Waals surface area contributed by atoms with E-state index in [4.69, 9.17) is 10.0 Å². The second-order valence-corrected chi connectivity index (χ2v) is 5.25. The molecule has 72 valence electrons. The Labute approximate surface area is 99.3 Å². The van der Waals surface area contributed by atoms with Gasteiger partial charge in [0.2, 0.25) is 0 Å². The first-order valence-corrected chi connectivity index (χ1v) is 5.92. The summed E-state index contributed by atoms with van der Waals surface area (Å²) in [4.78, 5) is 0.825. The fourth-order valence-corrected chi connectivity index (χ4v) is 2.84. The maximum atomic E-state index is 9.01. The lowest BCUT2D eigenvalue weighted by atomic mass is 9.89. The van der Waals surface area contributed by atoms with Crippen molar-refractivity contribution in [3.05, 3.63) is 22.7 Å². The van der Waals surface area contributed by atoms with Gasteiger partial charge in [-0.25, -0.2) is 0 Å². The minimum atomic E-state index is -1.40. The van der Waals surface area contributed by atoms with E-state index >= 15 is 0 Å². The van der Waals surface area contributed by atoms with Crippen LogP contribution in [0.1, 0.15) is 0 Å². The largest absolute Gasteiger partial charge is 0.499 e. The molecule has 0 saturated heterocycles. The van der Waals surface area contributed by atoms with E-state index in [1.165, 1.54) is 11.3 Å². The average Bonchev–Trinajstić information content (AvgIpc) is 2.56. The van der Waals surface area contributed by atoms with Crippen molar-refractivity contribution in [3.63, 3.8) is 0 Å². The third kappa shape index (κ3) is 1.72. The highest BCUT2D eigenvalue weighted by molar-refractivity contribution is 9.10. The van der Waals surface area contributed by atoms with Gasteiger partial charge in [0, 0.05) is 24.2 Å². The molecule has 2 nitrogen and oxygen atoms in total. The molecule has 0 spiro atoms. The van der Waals surface area contributed by atoms with Crippen molar-refractivity contribution in [2.24, 2.45) is 0 Å². The maximum absolute atomic E-state index is 9.01. The van der Waals surface area contributed by atoms with Gasteiger partial charge in [-0.3, -0.25) is 0 Å². The van der Waals surface area contributed by atoms with Crippen LogP contribution in [0, 0.1) is 0 Å². The van der Waals surface area contributed by atoms with Crippen molar-refractivity contribution >= 4 is 61.9 Å². The molecule has 2 aromatic rings. The molecule has 0 aliphatic rings. The summed E-state index contributed by atoms with van der Waals surface area (Å²) < 4.78 is 2.44. The zero-order chi connectivity index (χ0) is 10.3. The number of rotatable bonds is 1. The third-order valence-electron chi connectivity index (χ3n) is 1.90. The van der Waals surface area contributed by atoms with E-state index in [9.17, 15) is 0 Å². The average molecular weight is 289 g/mol. The van der Waals surface area contributed by atoms with Crippen LogP contribution in [0.2, 0.25) is 0 Å². The van der Waals surface area contributed by atoms with Crippen LogP contribution in [0.4, 0.5) is 0 Å². The van der Waals surface area contributed by atoms with Crippen molar-refractivity contribution < 1.29 is 10.0 Å². The van der Waals surface area contributed by atoms with E-state index in [2.05, 4.69) is 28.6 Å². The van der Waals surface area contributed by atoms with Crippen LogP contribution >= 0.6 is 39.9 Å². The van der Waals surface area contributed by atoms with E-state index in [0.717, 1.165) is 19.5 Å². The lowest BCUT2D eigenvalue weighted by molar-refractivity contribution is 0.427. The summed E-state index contributed by atoms with van der Waals surface area (Å²) in [6.07, 6.45) is 0. The van der Waals surface area contributed by atoms with Gasteiger partial charge in [0.25, 0.3) is 0 Å². The molecule has 1 heterocycles. The van der Waals surface area contributed by atoms with Gasteiger partial charge in [0.1, 0.15) is 0 Å². The number of hydrogen-bond donors (Lipinski definition) is 3. The van der Waals surface area contributed by atoms with Crippen LogP contribution in [0.25, 0.3) is 10.1 Å². The van der Waals surface area contributed by atoms with E-state index in [1.54, 1.807) is 6.07 Å². The van der Waals surface area contributed by atoms with Crippen molar-refractivity contribution in [3.8, 4) is 0 Å². The summed E-state index contributed by atoms with van der Waals surface area (Å²) >= 11 is 9.07. The Bertz CT molecular complexity index is 483. The highest BCUT2D eigenvalue weighted by Crippen LogP contribution is 2.31. The summed E-state index contributed by atoms with van der Waals surface area (Å²) in [6, 6.07) is 5.57. The normalized spacial score (nSPS) is 10.9. The minimum absolute atomic E-state index is 0.536. The molecule has 0 amide bonds. The van der Waals surface area contributed by atoms with E-state index < -0.39 is 7.12 Å². The first-order valence-electron chi connectivity index (χ1n) is 3.86. The molecular weight excluding hydrogens is 283 g/mol. The fraction of sp³-hybridized carbons (Fsp3) is 0. The Morgan fingerprint density at radius 3 is 2.71 bits per heavy atom. The molecule has 2 N–H and O–H groups in total. The number of thiol groups is 1. The van der Waals surface area contributed by atoms with Crippen LogP contribution in [0.3, 0.4) is 0 Å². The fourth-order valence-electron chi connectivity index (χ4n) is 1.22. The number of benzene rings is 1. The van der Waals surface area contributed by atoms with Gasteiger partial charge in [-0.05, 0) is 34.1 Å². The van der Waals surface area contributed by atoms with Gasteiger partial charge in [-0.2, -0.15) is 0 Å². The Kier molecular flexibility index (Phi) is 2.90. The smallest absolute Gasteiger partial charge is 0.423 e. The summed E-state index contributed by atoms with van der Waals surface area (Å²) in [5.41, 5.74) is 0. The minimum Gasteiger partial charge on any atom is -0.423 e. The third-order valence-corrected chi connectivity index (χ3v) is 4.49. The van der Waals surface area contributed by atoms with Gasteiger partial charge in [0.15, 0.2) is 0 Å². The predicted molar refractivity (Wildman–Crippen MR) is 66.6 cm³/mol. The van der Waals surface area contributed by atoms with E-state index in [1.807, 2.05) is 12.1 Å². The van der Waals surface area contributed by atoms with Gasteiger partial charge in [-0.1, -0.05) is 0 Å². The Hall–Kier alpha value is -0.00506. The lowest BCUT2D eigenvalue weighted by Crippen LogP contribution is -2.26. The molecule has 0 aliphatic carbocycles. The monoisotopic (exact) mass is 288 g/mol. The summed E-state index contributed by atoms with van der Waals surface area (Å²) in [5, 5.41) is 19.0. The predicted octanol–water partition coefficient (Wildman–Crippen LogP) is 1.63. The quantitative estimate of drug-likeness (QED) is 0.551. The summed E-state index contributed by atoms with van der Waals surface area (Å²) in [7, 11) is -1.40.